The lowest BCUT2D eigenvalue weighted by Crippen LogP contribution is -2.17. The van der Waals surface area contributed by atoms with Gasteiger partial charge in [0.05, 0.1) is 13.0 Å². The third-order valence-corrected chi connectivity index (χ3v) is 2.08. The largest absolute Gasteiger partial charge is 0.573 e. The number of carbonyl (C=O) groups excluding carboxylic acids is 1. The molecule has 20 heavy (non-hydrogen) atoms. The van der Waals surface area contributed by atoms with Crippen molar-refractivity contribution in [3.63, 3.8) is 0 Å². The van der Waals surface area contributed by atoms with Gasteiger partial charge in [0.25, 0.3) is 0 Å². The first-order valence-electron chi connectivity index (χ1n) is 5.69. The molecule has 0 N–H and O–H groups in total. The summed E-state index contributed by atoms with van der Waals surface area (Å²) in [5, 5.41) is 0. The van der Waals surface area contributed by atoms with Gasteiger partial charge in [-0.2, -0.15) is 0 Å². The van der Waals surface area contributed by atoms with Crippen molar-refractivity contribution in [1.29, 1.82) is 0 Å². The summed E-state index contributed by atoms with van der Waals surface area (Å²) in [6.07, 6.45) is -2.12. The molecule has 0 atom stereocenters. The molecular weight excluding hydrogens is 280 g/mol. The Morgan fingerprint density at radius 2 is 2.05 bits per heavy atom. The highest BCUT2D eigenvalue weighted by atomic mass is 19.4. The van der Waals surface area contributed by atoms with E-state index < -0.39 is 23.9 Å². The second-order valence-electron chi connectivity index (χ2n) is 3.65. The first-order chi connectivity index (χ1) is 9.31. The molecule has 7 heteroatoms. The lowest BCUT2D eigenvalue weighted by molar-refractivity contribution is -0.275. The molecule has 0 radical (unpaired) electrons. The Balaban J connectivity index is 2.68. The minimum atomic E-state index is -4.94. The fourth-order valence-corrected chi connectivity index (χ4v) is 1.34. The molecule has 0 aliphatic carbocycles. The van der Waals surface area contributed by atoms with Crippen LogP contribution in [0.2, 0.25) is 0 Å². The molecule has 0 aliphatic heterocycles. The van der Waals surface area contributed by atoms with E-state index in [1.54, 1.807) is 6.92 Å². The second-order valence-corrected chi connectivity index (χ2v) is 3.65. The number of alkyl halides is 3. The van der Waals surface area contributed by atoms with E-state index in [-0.39, 0.29) is 13.0 Å². The van der Waals surface area contributed by atoms with Gasteiger partial charge in [-0.1, -0.05) is 18.2 Å². The zero-order valence-corrected chi connectivity index (χ0v) is 10.5. The van der Waals surface area contributed by atoms with E-state index >= 15 is 0 Å². The van der Waals surface area contributed by atoms with Crippen LogP contribution in [0, 0.1) is 5.82 Å². The summed E-state index contributed by atoms with van der Waals surface area (Å²) in [4.78, 5) is 11.0. The van der Waals surface area contributed by atoms with Crippen molar-refractivity contribution in [3.8, 4) is 5.75 Å². The molecule has 110 valence electrons. The average Bonchev–Trinajstić information content (AvgIpc) is 2.31. The smallest absolute Gasteiger partial charge is 0.466 e. The van der Waals surface area contributed by atoms with Crippen LogP contribution >= 0.6 is 0 Å². The number of rotatable bonds is 5. The second kappa shape index (κ2) is 6.93. The summed E-state index contributed by atoms with van der Waals surface area (Å²) >= 11 is 0. The SMILES string of the molecule is CCOC(=O)CC=Cc1ccc(OC(F)(F)F)c(F)c1. The zero-order valence-electron chi connectivity index (χ0n) is 10.5. The monoisotopic (exact) mass is 292 g/mol. The quantitative estimate of drug-likeness (QED) is 0.613. The predicted molar refractivity (Wildman–Crippen MR) is 63.4 cm³/mol. The molecule has 0 saturated carbocycles. The van der Waals surface area contributed by atoms with E-state index in [1.807, 2.05) is 0 Å². The molecule has 0 bridgehead atoms. The number of carbonyl (C=O) groups is 1. The lowest BCUT2D eigenvalue weighted by atomic mass is 10.2. The average molecular weight is 292 g/mol. The van der Waals surface area contributed by atoms with Gasteiger partial charge in [-0.25, -0.2) is 4.39 Å². The van der Waals surface area contributed by atoms with Gasteiger partial charge in [0.1, 0.15) is 0 Å². The Morgan fingerprint density at radius 1 is 1.35 bits per heavy atom. The van der Waals surface area contributed by atoms with E-state index in [1.165, 1.54) is 18.2 Å². The third-order valence-electron chi connectivity index (χ3n) is 2.08. The Kier molecular flexibility index (Phi) is 5.54. The highest BCUT2D eigenvalue weighted by Gasteiger charge is 2.32. The standard InChI is InChI=1S/C13H12F4O3/c1-2-19-12(18)5-3-4-9-6-7-11(10(14)8-9)20-13(15,16)17/h3-4,6-8H,2,5H2,1H3. The summed E-state index contributed by atoms with van der Waals surface area (Å²) in [5.74, 6) is -2.48. The van der Waals surface area contributed by atoms with Gasteiger partial charge < -0.3 is 9.47 Å². The fraction of sp³-hybridized carbons (Fsp3) is 0.308. The van der Waals surface area contributed by atoms with E-state index in [4.69, 9.17) is 0 Å². The molecule has 3 nitrogen and oxygen atoms in total. The van der Waals surface area contributed by atoms with E-state index in [0.29, 0.717) is 5.56 Å². The van der Waals surface area contributed by atoms with Gasteiger partial charge in [-0.05, 0) is 24.6 Å². The number of esters is 1. The fourth-order valence-electron chi connectivity index (χ4n) is 1.34. The normalized spacial score (nSPS) is 11.7. The molecule has 1 aromatic carbocycles. The van der Waals surface area contributed by atoms with Gasteiger partial charge in [-0.3, -0.25) is 4.79 Å². The zero-order chi connectivity index (χ0) is 15.2. The Hall–Kier alpha value is -2.05. The highest BCUT2D eigenvalue weighted by Crippen LogP contribution is 2.26. The summed E-state index contributed by atoms with van der Waals surface area (Å²) < 4.78 is 57.3. The van der Waals surface area contributed by atoms with Crippen LogP contribution in [-0.4, -0.2) is 18.9 Å². The van der Waals surface area contributed by atoms with E-state index in [9.17, 15) is 22.4 Å². The topological polar surface area (TPSA) is 35.5 Å². The van der Waals surface area contributed by atoms with Crippen molar-refractivity contribution in [1.82, 2.24) is 0 Å². The maximum Gasteiger partial charge on any atom is 0.573 e. The van der Waals surface area contributed by atoms with Crippen LogP contribution in [-0.2, 0) is 9.53 Å². The Morgan fingerprint density at radius 3 is 2.60 bits per heavy atom. The summed E-state index contributed by atoms with van der Waals surface area (Å²) in [6.45, 7) is 1.92. The summed E-state index contributed by atoms with van der Waals surface area (Å²) in [7, 11) is 0. The number of halogens is 4. The van der Waals surface area contributed by atoms with Crippen LogP contribution in [0.15, 0.2) is 24.3 Å². The van der Waals surface area contributed by atoms with Gasteiger partial charge >= 0.3 is 12.3 Å². The first-order valence-corrected chi connectivity index (χ1v) is 5.69. The van der Waals surface area contributed by atoms with Crippen molar-refractivity contribution in [2.45, 2.75) is 19.7 Å². The molecule has 0 amide bonds. The number of benzene rings is 1. The van der Waals surface area contributed by atoms with Crippen molar-refractivity contribution >= 4 is 12.0 Å². The molecule has 0 aromatic heterocycles. The molecule has 0 aliphatic rings. The van der Waals surface area contributed by atoms with Crippen molar-refractivity contribution < 1.29 is 31.8 Å². The van der Waals surface area contributed by atoms with E-state index in [2.05, 4.69) is 9.47 Å². The Bertz CT molecular complexity index is 495. The van der Waals surface area contributed by atoms with E-state index in [0.717, 1.165) is 12.1 Å². The van der Waals surface area contributed by atoms with Gasteiger partial charge in [0.15, 0.2) is 11.6 Å². The maximum atomic E-state index is 13.3. The third kappa shape index (κ3) is 5.73. The van der Waals surface area contributed by atoms with Crippen LogP contribution < -0.4 is 4.74 Å². The molecule has 0 unspecified atom stereocenters. The Labute approximate surface area is 112 Å². The molecule has 0 spiro atoms. The highest BCUT2D eigenvalue weighted by molar-refractivity contribution is 5.72. The summed E-state index contributed by atoms with van der Waals surface area (Å²) in [5.41, 5.74) is 0.307. The van der Waals surface area contributed by atoms with Gasteiger partial charge in [0.2, 0.25) is 0 Å². The molecule has 0 saturated heterocycles. The first kappa shape index (κ1) is 16.0. The molecule has 0 fully saturated rings. The molecule has 0 heterocycles. The van der Waals surface area contributed by atoms with Crippen molar-refractivity contribution in [2.24, 2.45) is 0 Å². The lowest BCUT2D eigenvalue weighted by Gasteiger charge is -2.09. The number of ether oxygens (including phenoxy) is 2. The van der Waals surface area contributed by atoms with Crippen LogP contribution in [0.1, 0.15) is 18.9 Å². The molecular formula is C13H12F4O3. The van der Waals surface area contributed by atoms with Crippen LogP contribution in [0.3, 0.4) is 0 Å². The maximum absolute atomic E-state index is 13.3. The van der Waals surface area contributed by atoms with Crippen LogP contribution in [0.5, 0.6) is 5.75 Å². The van der Waals surface area contributed by atoms with Crippen LogP contribution in [0.4, 0.5) is 17.6 Å². The van der Waals surface area contributed by atoms with Crippen LogP contribution in [0.25, 0.3) is 6.08 Å². The van der Waals surface area contributed by atoms with Gasteiger partial charge in [0, 0.05) is 0 Å². The van der Waals surface area contributed by atoms with Crippen molar-refractivity contribution in [3.05, 3.63) is 35.7 Å². The van der Waals surface area contributed by atoms with Crippen molar-refractivity contribution in [2.75, 3.05) is 6.61 Å². The molecule has 1 rings (SSSR count). The minimum absolute atomic E-state index is 0.00371. The number of hydrogen-bond acceptors (Lipinski definition) is 3. The summed E-state index contributed by atoms with van der Waals surface area (Å²) in [6, 6.07) is 2.99. The van der Waals surface area contributed by atoms with Gasteiger partial charge in [-0.15, -0.1) is 13.2 Å². The molecule has 1 aromatic rings. The number of hydrogen-bond donors (Lipinski definition) is 0. The minimum Gasteiger partial charge on any atom is -0.466 e. The predicted octanol–water partition coefficient (Wildman–Crippen LogP) is 3.69.